The molecule has 3 nitrogen and oxygen atoms in total. The summed E-state index contributed by atoms with van der Waals surface area (Å²) >= 11 is 0. The highest BCUT2D eigenvalue weighted by atomic mass is 16.1. The number of carbonyl (C=O) groups is 1. The van der Waals surface area contributed by atoms with Crippen molar-refractivity contribution in [2.45, 2.75) is 45.6 Å². The predicted molar refractivity (Wildman–Crippen MR) is 75.4 cm³/mol. The van der Waals surface area contributed by atoms with E-state index in [1.165, 1.54) is 17.5 Å². The summed E-state index contributed by atoms with van der Waals surface area (Å²) in [5.74, 6) is 0.0348. The van der Waals surface area contributed by atoms with E-state index in [2.05, 4.69) is 36.5 Å². The minimum absolute atomic E-state index is 0.0348. The zero-order valence-corrected chi connectivity index (χ0v) is 11.4. The highest BCUT2D eigenvalue weighted by Crippen LogP contribution is 2.06. The van der Waals surface area contributed by atoms with E-state index in [1.54, 1.807) is 0 Å². The number of benzene rings is 1. The Kier molecular flexibility index (Phi) is 6.44. The zero-order valence-electron chi connectivity index (χ0n) is 11.4. The molecule has 0 saturated heterocycles. The lowest BCUT2D eigenvalue weighted by Crippen LogP contribution is -2.31. The maximum absolute atomic E-state index is 11.4. The number of hydrogen-bond donors (Lipinski definition) is 2. The topological polar surface area (TPSA) is 55.1 Å². The third kappa shape index (κ3) is 5.82. The maximum atomic E-state index is 11.4. The average molecular weight is 248 g/mol. The van der Waals surface area contributed by atoms with Crippen molar-refractivity contribution < 1.29 is 4.79 Å². The van der Waals surface area contributed by atoms with Gasteiger partial charge in [0.2, 0.25) is 5.91 Å². The van der Waals surface area contributed by atoms with Crippen LogP contribution in [-0.2, 0) is 17.6 Å². The number of carbonyl (C=O) groups excluding carboxylic acids is 1. The van der Waals surface area contributed by atoms with Gasteiger partial charge in [-0.05, 0) is 30.9 Å². The third-order valence-electron chi connectivity index (χ3n) is 2.80. The number of hydrogen-bond acceptors (Lipinski definition) is 2. The molecule has 1 aromatic carbocycles. The van der Waals surface area contributed by atoms with Crippen LogP contribution in [0.25, 0.3) is 0 Å². The molecule has 0 aliphatic rings. The van der Waals surface area contributed by atoms with Crippen molar-refractivity contribution in [1.29, 1.82) is 0 Å². The molecule has 0 bridgehead atoms. The molecule has 1 amide bonds. The molecule has 0 aliphatic carbocycles. The number of amides is 1. The molecule has 0 aliphatic heterocycles. The monoisotopic (exact) mass is 248 g/mol. The van der Waals surface area contributed by atoms with Crippen molar-refractivity contribution in [3.63, 3.8) is 0 Å². The van der Waals surface area contributed by atoms with Crippen LogP contribution in [0.1, 0.15) is 37.8 Å². The first kappa shape index (κ1) is 14.7. The standard InChI is InChI=1S/C15H24N2O/c1-3-4-13-5-7-14(8-6-13)9-10-17-15(18)11-12(2)16/h5-8,12H,3-4,9-11,16H2,1-2H3,(H,17,18). The number of rotatable bonds is 7. The molecular weight excluding hydrogens is 224 g/mol. The van der Waals surface area contributed by atoms with Crippen LogP contribution in [0, 0.1) is 0 Å². The second-order valence-corrected chi connectivity index (χ2v) is 4.85. The van der Waals surface area contributed by atoms with Crippen LogP contribution in [0.5, 0.6) is 0 Å². The molecule has 0 fully saturated rings. The van der Waals surface area contributed by atoms with E-state index >= 15 is 0 Å². The van der Waals surface area contributed by atoms with Gasteiger partial charge in [-0.2, -0.15) is 0 Å². The van der Waals surface area contributed by atoms with Gasteiger partial charge >= 0.3 is 0 Å². The first-order valence-electron chi connectivity index (χ1n) is 6.72. The fourth-order valence-corrected chi connectivity index (χ4v) is 1.87. The molecule has 0 radical (unpaired) electrons. The van der Waals surface area contributed by atoms with Gasteiger partial charge in [0, 0.05) is 19.0 Å². The first-order chi connectivity index (χ1) is 8.61. The fourth-order valence-electron chi connectivity index (χ4n) is 1.87. The summed E-state index contributed by atoms with van der Waals surface area (Å²) in [5.41, 5.74) is 8.20. The molecule has 3 N–H and O–H groups in total. The summed E-state index contributed by atoms with van der Waals surface area (Å²) in [6, 6.07) is 8.55. The molecule has 18 heavy (non-hydrogen) atoms. The van der Waals surface area contributed by atoms with E-state index in [0.29, 0.717) is 13.0 Å². The summed E-state index contributed by atoms with van der Waals surface area (Å²) in [6.45, 7) is 4.70. The molecule has 100 valence electrons. The molecule has 0 heterocycles. The van der Waals surface area contributed by atoms with Crippen LogP contribution in [0.15, 0.2) is 24.3 Å². The van der Waals surface area contributed by atoms with Crippen LogP contribution >= 0.6 is 0 Å². The quantitative estimate of drug-likeness (QED) is 0.776. The molecule has 0 spiro atoms. The first-order valence-corrected chi connectivity index (χ1v) is 6.72. The van der Waals surface area contributed by atoms with Crippen molar-refractivity contribution in [2.75, 3.05) is 6.54 Å². The smallest absolute Gasteiger partial charge is 0.221 e. The van der Waals surface area contributed by atoms with Gasteiger partial charge in [-0.15, -0.1) is 0 Å². The molecule has 3 heteroatoms. The molecule has 1 unspecified atom stereocenters. The van der Waals surface area contributed by atoms with E-state index in [4.69, 9.17) is 5.73 Å². The Hall–Kier alpha value is -1.35. The second-order valence-electron chi connectivity index (χ2n) is 4.85. The van der Waals surface area contributed by atoms with Crippen LogP contribution < -0.4 is 11.1 Å². The maximum Gasteiger partial charge on any atom is 0.221 e. The zero-order chi connectivity index (χ0) is 13.4. The minimum Gasteiger partial charge on any atom is -0.356 e. The molecule has 0 aromatic heterocycles. The summed E-state index contributed by atoms with van der Waals surface area (Å²) < 4.78 is 0. The van der Waals surface area contributed by atoms with E-state index in [-0.39, 0.29) is 11.9 Å². The van der Waals surface area contributed by atoms with Crippen molar-refractivity contribution in [3.05, 3.63) is 35.4 Å². The Morgan fingerprint density at radius 1 is 1.22 bits per heavy atom. The van der Waals surface area contributed by atoms with Gasteiger partial charge in [0.15, 0.2) is 0 Å². The van der Waals surface area contributed by atoms with Gasteiger partial charge in [0.1, 0.15) is 0 Å². The number of nitrogens with one attached hydrogen (secondary N) is 1. The predicted octanol–water partition coefficient (Wildman–Crippen LogP) is 2.04. The summed E-state index contributed by atoms with van der Waals surface area (Å²) in [5, 5.41) is 2.88. The molecule has 1 aromatic rings. The summed E-state index contributed by atoms with van der Waals surface area (Å²) in [7, 11) is 0. The highest BCUT2D eigenvalue weighted by Gasteiger charge is 2.03. The summed E-state index contributed by atoms with van der Waals surface area (Å²) in [4.78, 5) is 11.4. The van der Waals surface area contributed by atoms with Gasteiger partial charge in [-0.25, -0.2) is 0 Å². The minimum atomic E-state index is -0.0710. The Morgan fingerprint density at radius 3 is 2.28 bits per heavy atom. The lowest BCUT2D eigenvalue weighted by atomic mass is 10.1. The van der Waals surface area contributed by atoms with Crippen LogP contribution in [-0.4, -0.2) is 18.5 Å². The number of nitrogens with two attached hydrogens (primary N) is 1. The SMILES string of the molecule is CCCc1ccc(CCNC(=O)CC(C)N)cc1. The lowest BCUT2D eigenvalue weighted by Gasteiger charge is -2.07. The number of aryl methyl sites for hydroxylation is 1. The van der Waals surface area contributed by atoms with E-state index < -0.39 is 0 Å². The second kappa shape index (κ2) is 7.88. The third-order valence-corrected chi connectivity index (χ3v) is 2.80. The van der Waals surface area contributed by atoms with E-state index in [1.807, 2.05) is 6.92 Å². The molecule has 0 saturated carbocycles. The van der Waals surface area contributed by atoms with Crippen molar-refractivity contribution in [1.82, 2.24) is 5.32 Å². The van der Waals surface area contributed by atoms with Gasteiger partial charge in [0.25, 0.3) is 0 Å². The van der Waals surface area contributed by atoms with Crippen LogP contribution in [0.4, 0.5) is 0 Å². The summed E-state index contributed by atoms with van der Waals surface area (Å²) in [6.07, 6.45) is 3.57. The van der Waals surface area contributed by atoms with Gasteiger partial charge in [-0.1, -0.05) is 37.6 Å². The highest BCUT2D eigenvalue weighted by molar-refractivity contribution is 5.76. The van der Waals surface area contributed by atoms with Gasteiger partial charge < -0.3 is 11.1 Å². The van der Waals surface area contributed by atoms with Gasteiger partial charge in [0.05, 0.1) is 0 Å². The Balaban J connectivity index is 2.28. The van der Waals surface area contributed by atoms with E-state index in [0.717, 1.165) is 12.8 Å². The molecule has 1 atom stereocenters. The Labute approximate surface area is 110 Å². The van der Waals surface area contributed by atoms with Crippen molar-refractivity contribution >= 4 is 5.91 Å². The van der Waals surface area contributed by atoms with E-state index in [9.17, 15) is 4.79 Å². The molecular formula is C15H24N2O. The van der Waals surface area contributed by atoms with Crippen molar-refractivity contribution in [2.24, 2.45) is 5.73 Å². The lowest BCUT2D eigenvalue weighted by molar-refractivity contribution is -0.121. The average Bonchev–Trinajstić information content (AvgIpc) is 2.31. The Bertz CT molecular complexity index is 357. The van der Waals surface area contributed by atoms with Crippen LogP contribution in [0.3, 0.4) is 0 Å². The largest absolute Gasteiger partial charge is 0.356 e. The van der Waals surface area contributed by atoms with Crippen LogP contribution in [0.2, 0.25) is 0 Å². The van der Waals surface area contributed by atoms with Crippen molar-refractivity contribution in [3.8, 4) is 0 Å². The Morgan fingerprint density at radius 2 is 1.78 bits per heavy atom. The van der Waals surface area contributed by atoms with Gasteiger partial charge in [-0.3, -0.25) is 4.79 Å². The fraction of sp³-hybridized carbons (Fsp3) is 0.533. The normalized spacial score (nSPS) is 12.2. The molecule has 1 rings (SSSR count).